The van der Waals surface area contributed by atoms with Crippen LogP contribution in [0.1, 0.15) is 44.2 Å². The number of piperidine rings is 2. The van der Waals surface area contributed by atoms with E-state index in [0.29, 0.717) is 56.1 Å². The van der Waals surface area contributed by atoms with Gasteiger partial charge in [0.25, 0.3) is 5.91 Å². The average molecular weight is 700 g/mol. The molecule has 0 aliphatic carbocycles. The molecular formula is C34H47BrN6O5. The molecule has 4 aliphatic heterocycles. The molecule has 0 unspecified atom stereocenters. The molecule has 46 heavy (non-hydrogen) atoms. The maximum atomic E-state index is 13.9. The van der Waals surface area contributed by atoms with Crippen LogP contribution >= 0.6 is 15.9 Å². The molecule has 4 amide bonds. The average Bonchev–Trinajstić information content (AvgIpc) is 3.24. The zero-order chi connectivity index (χ0) is 31.3. The summed E-state index contributed by atoms with van der Waals surface area (Å²) in [5.41, 5.74) is 2.77. The SMILES string of the molecule is C.O=C(O[C@H](Cc1ccc(O)c(Br)c1)C(=O)N1CCC(N2CCNCC2)CC1)N1CCC(N2CCc3ccccc3NC2=O)CC1. The standard InChI is InChI=1S/C33H43BrN6O5.CH4/c34-27-21-23(5-6-29(27)41)22-30(31(42)38-14-8-25(9-15-38)37-19-12-35-13-20-37)45-33(44)39-16-10-26(11-17-39)40-18-7-24-3-1-2-4-28(24)36-32(40)43;/h1-6,21,25-26,30,35,41H,7-20,22H2,(H,36,43);1H4/t30-;/m1./s1. The topological polar surface area (TPSA) is 118 Å². The number of phenols is 1. The second-order valence-electron chi connectivity index (χ2n) is 12.5. The number of hydrogen-bond acceptors (Lipinski definition) is 7. The number of aromatic hydroxyl groups is 1. The van der Waals surface area contributed by atoms with Crippen LogP contribution in [0.15, 0.2) is 46.9 Å². The van der Waals surface area contributed by atoms with Gasteiger partial charge in [-0.25, -0.2) is 9.59 Å². The number of nitrogens with zero attached hydrogens (tertiary/aromatic N) is 4. The Morgan fingerprint density at radius 2 is 1.59 bits per heavy atom. The third-order valence-corrected chi connectivity index (χ3v) is 10.3. The van der Waals surface area contributed by atoms with Crippen LogP contribution in [-0.2, 0) is 22.4 Å². The van der Waals surface area contributed by atoms with Crippen LogP contribution in [0.4, 0.5) is 15.3 Å². The molecule has 4 aliphatic rings. The Kier molecular flexibility index (Phi) is 11.5. The fraction of sp³-hybridized carbons (Fsp3) is 0.559. The van der Waals surface area contributed by atoms with Gasteiger partial charge in [0.05, 0.1) is 4.47 Å². The number of phenolic OH excluding ortho intramolecular Hbond substituents is 1. The predicted molar refractivity (Wildman–Crippen MR) is 181 cm³/mol. The Bertz CT molecular complexity index is 1370. The fourth-order valence-corrected chi connectivity index (χ4v) is 7.49. The highest BCUT2D eigenvalue weighted by molar-refractivity contribution is 9.10. The zero-order valence-corrected chi connectivity index (χ0v) is 27.2. The van der Waals surface area contributed by atoms with Crippen molar-refractivity contribution in [3.05, 3.63) is 58.1 Å². The highest BCUT2D eigenvalue weighted by atomic mass is 79.9. The Hall–Kier alpha value is -3.35. The van der Waals surface area contributed by atoms with Gasteiger partial charge in [0.1, 0.15) is 5.75 Å². The van der Waals surface area contributed by atoms with Gasteiger partial charge in [-0.2, -0.15) is 0 Å². The molecule has 3 fully saturated rings. The smallest absolute Gasteiger partial charge is 0.410 e. The fourth-order valence-electron chi connectivity index (χ4n) is 7.07. The van der Waals surface area contributed by atoms with Gasteiger partial charge in [-0.05, 0) is 77.4 Å². The number of carbonyl (C=O) groups is 3. The van der Waals surface area contributed by atoms with Gasteiger partial charge >= 0.3 is 12.1 Å². The zero-order valence-electron chi connectivity index (χ0n) is 25.6. The van der Waals surface area contributed by atoms with Crippen LogP contribution < -0.4 is 10.6 Å². The Labute approximate surface area is 280 Å². The summed E-state index contributed by atoms with van der Waals surface area (Å²) in [5, 5.41) is 16.4. The number of urea groups is 1. The third-order valence-electron chi connectivity index (χ3n) is 9.70. The second kappa shape index (κ2) is 15.5. The van der Waals surface area contributed by atoms with Crippen LogP contribution in [0.2, 0.25) is 0 Å². The second-order valence-corrected chi connectivity index (χ2v) is 13.3. The van der Waals surface area contributed by atoms with E-state index in [0.717, 1.165) is 62.3 Å². The molecule has 2 aromatic rings. The number of anilines is 1. The summed E-state index contributed by atoms with van der Waals surface area (Å²) in [4.78, 5) is 48.3. The number of likely N-dealkylation sites (tertiary alicyclic amines) is 2. The minimum Gasteiger partial charge on any atom is -0.507 e. The summed E-state index contributed by atoms with van der Waals surface area (Å²) in [5.74, 6) is -0.0690. The van der Waals surface area contributed by atoms with Crippen molar-refractivity contribution in [2.75, 3.05) is 64.2 Å². The number of halogens is 1. The Balaban J connectivity index is 0.00000417. The molecule has 12 heteroatoms. The van der Waals surface area contributed by atoms with Gasteiger partial charge in [-0.15, -0.1) is 0 Å². The number of piperazine rings is 1. The summed E-state index contributed by atoms with van der Waals surface area (Å²) in [6, 6.07) is 13.3. The molecule has 3 saturated heterocycles. The van der Waals surface area contributed by atoms with E-state index in [4.69, 9.17) is 4.74 Å². The quantitative estimate of drug-likeness (QED) is 0.412. The van der Waals surface area contributed by atoms with E-state index in [1.165, 1.54) is 0 Å². The first-order valence-corrected chi connectivity index (χ1v) is 17.0. The molecule has 11 nitrogen and oxygen atoms in total. The van der Waals surface area contributed by atoms with E-state index in [-0.39, 0.29) is 37.6 Å². The monoisotopic (exact) mass is 698 g/mol. The molecule has 2 aromatic carbocycles. The van der Waals surface area contributed by atoms with Crippen molar-refractivity contribution in [2.45, 2.75) is 64.1 Å². The van der Waals surface area contributed by atoms with Crippen molar-refractivity contribution in [3.63, 3.8) is 0 Å². The van der Waals surface area contributed by atoms with E-state index >= 15 is 0 Å². The molecular weight excluding hydrogens is 652 g/mol. The largest absolute Gasteiger partial charge is 0.507 e. The highest BCUT2D eigenvalue weighted by Crippen LogP contribution is 2.28. The van der Waals surface area contributed by atoms with E-state index < -0.39 is 12.2 Å². The van der Waals surface area contributed by atoms with E-state index in [9.17, 15) is 19.5 Å². The Morgan fingerprint density at radius 3 is 2.30 bits per heavy atom. The van der Waals surface area contributed by atoms with Crippen molar-refractivity contribution in [1.29, 1.82) is 0 Å². The van der Waals surface area contributed by atoms with Gasteiger partial charge in [0.15, 0.2) is 6.10 Å². The molecule has 250 valence electrons. The number of amides is 4. The lowest BCUT2D eigenvalue weighted by Crippen LogP contribution is -2.54. The first-order chi connectivity index (χ1) is 21.9. The number of para-hydroxylation sites is 1. The minimum absolute atomic E-state index is 0. The molecule has 3 N–H and O–H groups in total. The van der Waals surface area contributed by atoms with Crippen molar-refractivity contribution in [3.8, 4) is 5.75 Å². The van der Waals surface area contributed by atoms with E-state index in [1.807, 2.05) is 34.1 Å². The normalized spacial score (nSPS) is 20.6. The minimum atomic E-state index is -0.975. The predicted octanol–water partition coefficient (Wildman–Crippen LogP) is 4.29. The lowest BCUT2D eigenvalue weighted by molar-refractivity contribution is -0.142. The van der Waals surface area contributed by atoms with Crippen molar-refractivity contribution in [1.82, 2.24) is 24.9 Å². The number of hydrogen-bond donors (Lipinski definition) is 3. The summed E-state index contributed by atoms with van der Waals surface area (Å²) >= 11 is 3.36. The van der Waals surface area contributed by atoms with Crippen molar-refractivity contribution in [2.24, 2.45) is 0 Å². The molecule has 0 radical (unpaired) electrons. The maximum absolute atomic E-state index is 13.9. The first kappa shape index (κ1) is 34.0. The van der Waals surface area contributed by atoms with Gasteiger partial charge in [0.2, 0.25) is 0 Å². The van der Waals surface area contributed by atoms with Crippen LogP contribution in [0.5, 0.6) is 5.75 Å². The molecule has 4 heterocycles. The van der Waals surface area contributed by atoms with Crippen LogP contribution in [0.25, 0.3) is 0 Å². The molecule has 0 bridgehead atoms. The number of carbonyl (C=O) groups excluding carboxylic acids is 3. The maximum Gasteiger partial charge on any atom is 0.410 e. The number of benzene rings is 2. The number of nitrogens with one attached hydrogen (secondary N) is 2. The lowest BCUT2D eigenvalue weighted by atomic mass is 10.0. The third kappa shape index (κ3) is 7.95. The number of rotatable bonds is 6. The van der Waals surface area contributed by atoms with Crippen LogP contribution in [-0.4, -0.2) is 120 Å². The van der Waals surface area contributed by atoms with Crippen LogP contribution in [0, 0.1) is 0 Å². The molecule has 0 saturated carbocycles. The van der Waals surface area contributed by atoms with Crippen molar-refractivity contribution < 1.29 is 24.2 Å². The summed E-state index contributed by atoms with van der Waals surface area (Å²) in [6.07, 6.45) is 2.60. The summed E-state index contributed by atoms with van der Waals surface area (Å²) in [7, 11) is 0. The van der Waals surface area contributed by atoms with Crippen LogP contribution in [0.3, 0.4) is 0 Å². The summed E-state index contributed by atoms with van der Waals surface area (Å²) < 4.78 is 6.52. The first-order valence-electron chi connectivity index (χ1n) is 16.2. The number of ether oxygens (including phenoxy) is 1. The molecule has 0 spiro atoms. The molecule has 1 atom stereocenters. The van der Waals surface area contributed by atoms with Gasteiger partial charge in [0, 0.05) is 83.1 Å². The van der Waals surface area contributed by atoms with Crippen molar-refractivity contribution >= 4 is 39.6 Å². The summed E-state index contributed by atoms with van der Waals surface area (Å²) in [6.45, 7) is 6.84. The molecule has 6 rings (SSSR count). The van der Waals surface area contributed by atoms with Gasteiger partial charge < -0.3 is 35.2 Å². The van der Waals surface area contributed by atoms with E-state index in [2.05, 4.69) is 31.5 Å². The van der Waals surface area contributed by atoms with E-state index in [1.54, 1.807) is 23.1 Å². The lowest BCUT2D eigenvalue weighted by Gasteiger charge is -2.41. The van der Waals surface area contributed by atoms with Gasteiger partial charge in [-0.1, -0.05) is 31.7 Å². The highest BCUT2D eigenvalue weighted by Gasteiger charge is 2.36. The van der Waals surface area contributed by atoms with Gasteiger partial charge in [-0.3, -0.25) is 9.69 Å². The number of fused-ring (bicyclic) bond motifs is 1. The Morgan fingerprint density at radius 1 is 0.913 bits per heavy atom. The molecule has 0 aromatic heterocycles.